The Hall–Kier alpha value is -1.52. The summed E-state index contributed by atoms with van der Waals surface area (Å²) < 4.78 is 44.1. The van der Waals surface area contributed by atoms with Crippen LogP contribution in [-0.4, -0.2) is 12.4 Å². The van der Waals surface area contributed by atoms with E-state index in [0.717, 1.165) is 0 Å². The molecular weight excluding hydrogens is 245 g/mol. The van der Waals surface area contributed by atoms with Crippen LogP contribution in [0.25, 0.3) is 0 Å². The monoisotopic (exact) mass is 260 g/mol. The van der Waals surface area contributed by atoms with E-state index in [9.17, 15) is 18.0 Å². The second kappa shape index (κ2) is 5.89. The molecule has 18 heavy (non-hydrogen) atoms. The van der Waals surface area contributed by atoms with Gasteiger partial charge in [0.1, 0.15) is 11.3 Å². The van der Waals surface area contributed by atoms with E-state index in [-0.39, 0.29) is 24.3 Å². The highest BCUT2D eigenvalue weighted by molar-refractivity contribution is 5.98. The summed E-state index contributed by atoms with van der Waals surface area (Å²) in [6.07, 6.45) is -3.96. The Labute approximate surface area is 104 Å². The predicted molar refractivity (Wildman–Crippen MR) is 61.9 cm³/mol. The molecule has 0 aliphatic carbocycles. The maximum Gasteiger partial charge on any atom is 0.420 e. The molecule has 0 N–H and O–H groups in total. The van der Waals surface area contributed by atoms with Crippen molar-refractivity contribution >= 4 is 5.78 Å². The normalized spacial score (nSPS) is 11.4. The van der Waals surface area contributed by atoms with Gasteiger partial charge in [0.2, 0.25) is 0 Å². The first-order valence-corrected chi connectivity index (χ1v) is 5.78. The Morgan fingerprint density at radius 3 is 2.44 bits per heavy atom. The van der Waals surface area contributed by atoms with E-state index >= 15 is 0 Å². The molecule has 0 aromatic heterocycles. The largest absolute Gasteiger partial charge is 0.493 e. The smallest absolute Gasteiger partial charge is 0.420 e. The Kier molecular flexibility index (Phi) is 4.76. The molecule has 0 amide bonds. The van der Waals surface area contributed by atoms with Crippen molar-refractivity contribution in [2.24, 2.45) is 0 Å². The molecule has 1 aromatic carbocycles. The summed E-state index contributed by atoms with van der Waals surface area (Å²) in [5.41, 5.74) is -1.29. The first kappa shape index (κ1) is 14.5. The van der Waals surface area contributed by atoms with E-state index in [1.54, 1.807) is 6.92 Å². The van der Waals surface area contributed by atoms with Gasteiger partial charge in [0.05, 0.1) is 6.61 Å². The van der Waals surface area contributed by atoms with Gasteiger partial charge in [0.25, 0.3) is 0 Å². The third-order valence-electron chi connectivity index (χ3n) is 2.39. The van der Waals surface area contributed by atoms with E-state index in [1.165, 1.54) is 25.1 Å². The average molecular weight is 260 g/mol. The van der Waals surface area contributed by atoms with Crippen LogP contribution < -0.4 is 4.74 Å². The molecule has 0 aliphatic heterocycles. The molecule has 5 heteroatoms. The Morgan fingerprint density at radius 2 is 1.94 bits per heavy atom. The summed E-state index contributed by atoms with van der Waals surface area (Å²) >= 11 is 0. The van der Waals surface area contributed by atoms with Crippen LogP contribution in [0.1, 0.15) is 42.6 Å². The maximum atomic E-state index is 13.0. The molecule has 1 aromatic rings. The maximum absolute atomic E-state index is 13.0. The molecule has 0 unspecified atom stereocenters. The zero-order chi connectivity index (χ0) is 13.8. The number of hydrogen-bond donors (Lipinski definition) is 0. The van der Waals surface area contributed by atoms with Crippen molar-refractivity contribution in [3.05, 3.63) is 29.3 Å². The van der Waals surface area contributed by atoms with E-state index in [4.69, 9.17) is 4.74 Å². The fourth-order valence-corrected chi connectivity index (χ4v) is 1.58. The molecule has 0 atom stereocenters. The first-order valence-electron chi connectivity index (χ1n) is 5.78. The van der Waals surface area contributed by atoms with Crippen molar-refractivity contribution in [2.75, 3.05) is 6.61 Å². The van der Waals surface area contributed by atoms with Crippen molar-refractivity contribution < 1.29 is 22.7 Å². The van der Waals surface area contributed by atoms with E-state index in [2.05, 4.69) is 0 Å². The van der Waals surface area contributed by atoms with Gasteiger partial charge in [-0.15, -0.1) is 0 Å². The molecule has 0 bridgehead atoms. The quantitative estimate of drug-likeness (QED) is 0.745. The van der Waals surface area contributed by atoms with Gasteiger partial charge in [-0.1, -0.05) is 26.0 Å². The van der Waals surface area contributed by atoms with Crippen LogP contribution in [0.3, 0.4) is 0 Å². The molecule has 1 rings (SSSR count). The standard InChI is InChI=1S/C13H15F3O2/c1-3-8-18-11-7-5-6-9(10(17)4-2)12(11)13(14,15)16/h5-7H,3-4,8H2,1-2H3. The lowest BCUT2D eigenvalue weighted by atomic mass is 10.0. The molecule has 0 fully saturated rings. The number of ketones is 1. The van der Waals surface area contributed by atoms with Gasteiger partial charge in [0.15, 0.2) is 5.78 Å². The zero-order valence-electron chi connectivity index (χ0n) is 10.3. The van der Waals surface area contributed by atoms with Gasteiger partial charge in [-0.05, 0) is 12.5 Å². The minimum atomic E-state index is -4.59. The second-order valence-electron chi connectivity index (χ2n) is 3.80. The lowest BCUT2D eigenvalue weighted by Gasteiger charge is -2.16. The van der Waals surface area contributed by atoms with Crippen LogP contribution in [-0.2, 0) is 6.18 Å². The number of alkyl halides is 3. The van der Waals surface area contributed by atoms with Crippen molar-refractivity contribution in [3.8, 4) is 5.75 Å². The molecule has 0 saturated carbocycles. The summed E-state index contributed by atoms with van der Waals surface area (Å²) in [6.45, 7) is 3.52. The fraction of sp³-hybridized carbons (Fsp3) is 0.462. The molecule has 0 spiro atoms. The second-order valence-corrected chi connectivity index (χ2v) is 3.80. The van der Waals surface area contributed by atoms with Gasteiger partial charge < -0.3 is 4.74 Å². The van der Waals surface area contributed by atoms with Crippen LogP contribution in [0.15, 0.2) is 18.2 Å². The molecular formula is C13H15F3O2. The number of benzene rings is 1. The summed E-state index contributed by atoms with van der Waals surface area (Å²) in [6, 6.07) is 3.83. The first-order chi connectivity index (χ1) is 8.41. The van der Waals surface area contributed by atoms with Gasteiger partial charge in [-0.3, -0.25) is 4.79 Å². The van der Waals surface area contributed by atoms with Crippen LogP contribution >= 0.6 is 0 Å². The Morgan fingerprint density at radius 1 is 1.28 bits per heavy atom. The average Bonchev–Trinajstić information content (AvgIpc) is 2.33. The molecule has 0 aliphatic rings. The molecule has 2 nitrogen and oxygen atoms in total. The van der Waals surface area contributed by atoms with Crippen molar-refractivity contribution in [3.63, 3.8) is 0 Å². The molecule has 0 saturated heterocycles. The van der Waals surface area contributed by atoms with E-state index < -0.39 is 17.5 Å². The SMILES string of the molecule is CCCOc1cccc(C(=O)CC)c1C(F)(F)F. The summed E-state index contributed by atoms with van der Waals surface area (Å²) in [5, 5.41) is 0. The number of carbonyl (C=O) groups is 1. The summed E-state index contributed by atoms with van der Waals surface area (Å²) in [5.74, 6) is -0.812. The van der Waals surface area contributed by atoms with Gasteiger partial charge in [-0.25, -0.2) is 0 Å². The van der Waals surface area contributed by atoms with Gasteiger partial charge in [0, 0.05) is 12.0 Å². The van der Waals surface area contributed by atoms with Gasteiger partial charge in [-0.2, -0.15) is 13.2 Å². The molecule has 0 radical (unpaired) electrons. The Bertz CT molecular complexity index is 425. The van der Waals surface area contributed by atoms with E-state index in [0.29, 0.717) is 6.42 Å². The van der Waals surface area contributed by atoms with Crippen molar-refractivity contribution in [2.45, 2.75) is 32.9 Å². The van der Waals surface area contributed by atoms with Crippen LogP contribution in [0, 0.1) is 0 Å². The van der Waals surface area contributed by atoms with E-state index in [1.807, 2.05) is 0 Å². The van der Waals surface area contributed by atoms with Crippen LogP contribution in [0.5, 0.6) is 5.75 Å². The zero-order valence-corrected chi connectivity index (χ0v) is 10.3. The van der Waals surface area contributed by atoms with Crippen molar-refractivity contribution in [1.82, 2.24) is 0 Å². The number of rotatable bonds is 5. The number of Topliss-reactive ketones (excluding diaryl/α,β-unsaturated/α-hetero) is 1. The minimum Gasteiger partial charge on any atom is -0.493 e. The summed E-state index contributed by atoms with van der Waals surface area (Å²) in [4.78, 5) is 11.6. The lowest BCUT2D eigenvalue weighted by Crippen LogP contribution is -2.15. The summed E-state index contributed by atoms with van der Waals surface area (Å²) in [7, 11) is 0. The highest BCUT2D eigenvalue weighted by Crippen LogP contribution is 2.39. The highest BCUT2D eigenvalue weighted by atomic mass is 19.4. The van der Waals surface area contributed by atoms with Crippen molar-refractivity contribution in [1.29, 1.82) is 0 Å². The Balaban J connectivity index is 3.31. The molecule has 0 heterocycles. The number of carbonyl (C=O) groups excluding carboxylic acids is 1. The third-order valence-corrected chi connectivity index (χ3v) is 2.39. The third kappa shape index (κ3) is 3.24. The van der Waals surface area contributed by atoms with Crippen LogP contribution in [0.4, 0.5) is 13.2 Å². The predicted octanol–water partition coefficient (Wildman–Crippen LogP) is 4.09. The molecule has 100 valence electrons. The van der Waals surface area contributed by atoms with Crippen LogP contribution in [0.2, 0.25) is 0 Å². The topological polar surface area (TPSA) is 26.3 Å². The lowest BCUT2D eigenvalue weighted by molar-refractivity contribution is -0.139. The number of halogens is 3. The minimum absolute atomic E-state index is 0.0281. The fourth-order valence-electron chi connectivity index (χ4n) is 1.58. The van der Waals surface area contributed by atoms with Gasteiger partial charge >= 0.3 is 6.18 Å². The highest BCUT2D eigenvalue weighted by Gasteiger charge is 2.38. The number of ether oxygens (including phenoxy) is 1. The number of hydrogen-bond acceptors (Lipinski definition) is 2.